The van der Waals surface area contributed by atoms with Gasteiger partial charge in [-0.2, -0.15) is 4.31 Å². The molecule has 8 nitrogen and oxygen atoms in total. The average Bonchev–Trinajstić information content (AvgIpc) is 3.37. The molecule has 4 rings (SSSR count). The number of thiophene rings is 1. The Hall–Kier alpha value is -2.27. The van der Waals surface area contributed by atoms with Gasteiger partial charge >= 0.3 is 6.01 Å². The SMILES string of the molecule is Cc1ccc(-c2nnc(NC(=O)C3CCN(S(=O)(=O)c4ccc(Cl)s4)CC3)o2)c(C)c1. The van der Waals surface area contributed by atoms with Crippen molar-refractivity contribution in [2.75, 3.05) is 18.4 Å². The third-order valence-electron chi connectivity index (χ3n) is 5.23. The van der Waals surface area contributed by atoms with Gasteiger partial charge in [0.2, 0.25) is 11.8 Å². The van der Waals surface area contributed by atoms with Crippen molar-refractivity contribution in [1.82, 2.24) is 14.5 Å². The lowest BCUT2D eigenvalue weighted by Crippen LogP contribution is -2.41. The molecule has 0 radical (unpaired) electrons. The number of aryl methyl sites for hydroxylation is 2. The maximum Gasteiger partial charge on any atom is 0.322 e. The molecule has 0 saturated carbocycles. The Balaban J connectivity index is 1.37. The van der Waals surface area contributed by atoms with Crippen LogP contribution in [-0.2, 0) is 14.8 Å². The standard InChI is InChI=1S/C20H21ClN4O4S2/c1-12-3-4-15(13(2)11-12)19-23-24-20(29-19)22-18(26)14-7-9-25(10-8-14)31(27,28)17-6-5-16(21)30-17/h3-6,11,14H,7-10H2,1-2H3,(H,22,24,26). The van der Waals surface area contributed by atoms with Crippen molar-refractivity contribution in [1.29, 1.82) is 0 Å². The fourth-order valence-electron chi connectivity index (χ4n) is 3.57. The number of aromatic nitrogens is 2. The number of rotatable bonds is 5. The molecule has 1 aromatic carbocycles. The van der Waals surface area contributed by atoms with Crippen LogP contribution in [0.1, 0.15) is 24.0 Å². The maximum atomic E-state index is 12.7. The molecule has 0 unspecified atom stereocenters. The van der Waals surface area contributed by atoms with E-state index >= 15 is 0 Å². The predicted octanol–water partition coefficient (Wildman–Crippen LogP) is 4.11. The molecule has 1 aliphatic heterocycles. The quantitative estimate of drug-likeness (QED) is 0.589. The van der Waals surface area contributed by atoms with E-state index in [4.69, 9.17) is 16.0 Å². The lowest BCUT2D eigenvalue weighted by atomic mass is 9.97. The highest BCUT2D eigenvalue weighted by molar-refractivity contribution is 7.91. The van der Waals surface area contributed by atoms with Crippen molar-refractivity contribution in [2.45, 2.75) is 30.9 Å². The Morgan fingerprint density at radius 2 is 1.94 bits per heavy atom. The molecule has 0 spiro atoms. The third kappa shape index (κ3) is 4.67. The van der Waals surface area contributed by atoms with E-state index in [0.717, 1.165) is 28.0 Å². The Morgan fingerprint density at radius 1 is 1.19 bits per heavy atom. The number of sulfonamides is 1. The molecule has 1 amide bonds. The molecule has 164 valence electrons. The lowest BCUT2D eigenvalue weighted by molar-refractivity contribution is -0.121. The zero-order valence-electron chi connectivity index (χ0n) is 17.0. The summed E-state index contributed by atoms with van der Waals surface area (Å²) >= 11 is 6.89. The monoisotopic (exact) mass is 480 g/mol. The smallest absolute Gasteiger partial charge is 0.322 e. The van der Waals surface area contributed by atoms with Crippen molar-refractivity contribution in [2.24, 2.45) is 5.92 Å². The molecule has 31 heavy (non-hydrogen) atoms. The largest absolute Gasteiger partial charge is 0.403 e. The van der Waals surface area contributed by atoms with E-state index in [-0.39, 0.29) is 35.1 Å². The predicted molar refractivity (Wildman–Crippen MR) is 119 cm³/mol. The fraction of sp³-hybridized carbons (Fsp3) is 0.350. The van der Waals surface area contributed by atoms with Gasteiger partial charge in [0.1, 0.15) is 4.21 Å². The van der Waals surface area contributed by atoms with Gasteiger partial charge in [-0.3, -0.25) is 10.1 Å². The van der Waals surface area contributed by atoms with Gasteiger partial charge in [0.25, 0.3) is 10.0 Å². The summed E-state index contributed by atoms with van der Waals surface area (Å²) in [5.41, 5.74) is 2.94. The summed E-state index contributed by atoms with van der Waals surface area (Å²) in [7, 11) is -3.59. The molecule has 1 fully saturated rings. The van der Waals surface area contributed by atoms with E-state index in [1.165, 1.54) is 10.4 Å². The first-order chi connectivity index (χ1) is 14.7. The van der Waals surface area contributed by atoms with Crippen LogP contribution in [0.2, 0.25) is 4.34 Å². The van der Waals surface area contributed by atoms with Gasteiger partial charge in [0, 0.05) is 24.6 Å². The summed E-state index contributed by atoms with van der Waals surface area (Å²) in [6.45, 7) is 4.47. The van der Waals surface area contributed by atoms with Gasteiger partial charge in [0.15, 0.2) is 0 Å². The molecule has 11 heteroatoms. The van der Waals surface area contributed by atoms with Gasteiger partial charge in [-0.25, -0.2) is 8.42 Å². The van der Waals surface area contributed by atoms with Crippen LogP contribution in [0.3, 0.4) is 0 Å². The normalized spacial score (nSPS) is 15.8. The van der Waals surface area contributed by atoms with E-state index in [2.05, 4.69) is 15.5 Å². The lowest BCUT2D eigenvalue weighted by Gasteiger charge is -2.29. The molecular formula is C20H21ClN4O4S2. The first-order valence-corrected chi connectivity index (χ1v) is 12.3. The van der Waals surface area contributed by atoms with Crippen LogP contribution in [0, 0.1) is 19.8 Å². The van der Waals surface area contributed by atoms with E-state index in [0.29, 0.717) is 23.1 Å². The zero-order valence-corrected chi connectivity index (χ0v) is 19.4. The molecule has 3 aromatic rings. The zero-order chi connectivity index (χ0) is 22.2. The molecular weight excluding hydrogens is 460 g/mol. The highest BCUT2D eigenvalue weighted by atomic mass is 35.5. The number of carbonyl (C=O) groups excluding carboxylic acids is 1. The minimum Gasteiger partial charge on any atom is -0.403 e. The Bertz CT molecular complexity index is 1210. The number of halogens is 1. The minimum absolute atomic E-state index is 0.0308. The van der Waals surface area contributed by atoms with Crippen LogP contribution in [0.4, 0.5) is 6.01 Å². The Morgan fingerprint density at radius 3 is 2.58 bits per heavy atom. The fourth-order valence-corrected chi connectivity index (χ4v) is 6.67. The Labute approximate surface area is 189 Å². The van der Waals surface area contributed by atoms with Gasteiger partial charge in [-0.1, -0.05) is 34.4 Å². The number of amides is 1. The van der Waals surface area contributed by atoms with Crippen molar-refractivity contribution in [3.8, 4) is 11.5 Å². The summed E-state index contributed by atoms with van der Waals surface area (Å²) in [6.07, 6.45) is 0.810. The summed E-state index contributed by atoms with van der Waals surface area (Å²) in [5.74, 6) is -0.259. The number of nitrogens with one attached hydrogen (secondary N) is 1. The molecule has 1 saturated heterocycles. The number of benzene rings is 1. The first kappa shape index (κ1) is 21.9. The van der Waals surface area contributed by atoms with E-state index < -0.39 is 10.0 Å². The van der Waals surface area contributed by atoms with E-state index in [9.17, 15) is 13.2 Å². The minimum atomic E-state index is -3.59. The number of anilines is 1. The molecule has 1 N–H and O–H groups in total. The van der Waals surface area contributed by atoms with Gasteiger partial charge < -0.3 is 4.42 Å². The average molecular weight is 481 g/mol. The van der Waals surface area contributed by atoms with E-state index in [1.807, 2.05) is 32.0 Å². The van der Waals surface area contributed by atoms with Crippen molar-refractivity contribution >= 4 is 44.9 Å². The maximum absolute atomic E-state index is 12.7. The molecule has 3 heterocycles. The van der Waals surface area contributed by atoms with Crippen LogP contribution in [-0.4, -0.2) is 41.9 Å². The van der Waals surface area contributed by atoms with Crippen molar-refractivity contribution < 1.29 is 17.6 Å². The number of carbonyl (C=O) groups is 1. The van der Waals surface area contributed by atoms with Gasteiger partial charge in [-0.15, -0.1) is 16.4 Å². The van der Waals surface area contributed by atoms with Crippen LogP contribution < -0.4 is 5.32 Å². The molecule has 0 atom stereocenters. The van der Waals surface area contributed by atoms with Crippen LogP contribution in [0.25, 0.3) is 11.5 Å². The van der Waals surface area contributed by atoms with Crippen molar-refractivity contribution in [3.63, 3.8) is 0 Å². The van der Waals surface area contributed by atoms with Crippen LogP contribution >= 0.6 is 22.9 Å². The van der Waals surface area contributed by atoms with E-state index in [1.54, 1.807) is 6.07 Å². The molecule has 2 aromatic heterocycles. The molecule has 1 aliphatic rings. The number of hydrogen-bond donors (Lipinski definition) is 1. The second kappa shape index (κ2) is 8.70. The summed E-state index contributed by atoms with van der Waals surface area (Å²) in [5, 5.41) is 10.6. The first-order valence-electron chi connectivity index (χ1n) is 9.71. The molecule has 0 bridgehead atoms. The number of piperidine rings is 1. The summed E-state index contributed by atoms with van der Waals surface area (Å²) in [6, 6.07) is 8.98. The molecule has 0 aliphatic carbocycles. The Kier molecular flexibility index (Phi) is 6.16. The summed E-state index contributed by atoms with van der Waals surface area (Å²) < 4.78 is 33.0. The van der Waals surface area contributed by atoms with Crippen molar-refractivity contribution in [3.05, 3.63) is 45.8 Å². The van der Waals surface area contributed by atoms with Gasteiger partial charge in [-0.05, 0) is 50.5 Å². The topological polar surface area (TPSA) is 105 Å². The van der Waals surface area contributed by atoms with Gasteiger partial charge in [0.05, 0.1) is 4.34 Å². The number of hydrogen-bond acceptors (Lipinski definition) is 7. The third-order valence-corrected chi connectivity index (χ3v) is 8.83. The van der Waals surface area contributed by atoms with Crippen LogP contribution in [0.5, 0.6) is 0 Å². The van der Waals surface area contributed by atoms with Crippen LogP contribution in [0.15, 0.2) is 39.0 Å². The second-order valence-corrected chi connectivity index (χ2v) is 11.3. The highest BCUT2D eigenvalue weighted by Crippen LogP contribution is 2.31. The second-order valence-electron chi connectivity index (χ2n) is 7.46. The highest BCUT2D eigenvalue weighted by Gasteiger charge is 2.33. The number of nitrogens with zero attached hydrogens (tertiary/aromatic N) is 3. The summed E-state index contributed by atoms with van der Waals surface area (Å²) in [4.78, 5) is 12.6.